The van der Waals surface area contributed by atoms with Crippen molar-refractivity contribution in [3.05, 3.63) is 29.3 Å². The molecule has 4 nitrogen and oxygen atoms in total. The fraction of sp³-hybridized carbons (Fsp3) is 0.417. The van der Waals surface area contributed by atoms with Crippen LogP contribution in [-0.4, -0.2) is 23.3 Å². The van der Waals surface area contributed by atoms with Crippen LogP contribution < -0.4 is 4.74 Å². The molecule has 0 bridgehead atoms. The minimum atomic E-state index is -0.833. The molecule has 16 heavy (non-hydrogen) atoms. The Bertz CT molecular complexity index is 413. The van der Waals surface area contributed by atoms with Crippen LogP contribution in [-0.2, 0) is 4.79 Å². The van der Waals surface area contributed by atoms with Crippen molar-refractivity contribution in [1.82, 2.24) is 0 Å². The van der Waals surface area contributed by atoms with Crippen molar-refractivity contribution in [3.8, 4) is 5.75 Å². The van der Waals surface area contributed by atoms with E-state index in [9.17, 15) is 9.90 Å². The number of carbonyl (C=O) groups is 1. The molecule has 0 saturated carbocycles. The number of hydrogen-bond acceptors (Lipinski definition) is 3. The lowest BCUT2D eigenvalue weighted by atomic mass is 9.98. The van der Waals surface area contributed by atoms with E-state index >= 15 is 0 Å². The largest absolute Gasteiger partial charge is 0.497 e. The zero-order valence-electron chi connectivity index (χ0n) is 9.01. The SMILES string of the molecule is COc1ccc2c(c1)C(O)CC2CC(=O)O. The van der Waals surface area contributed by atoms with E-state index in [0.29, 0.717) is 12.2 Å². The van der Waals surface area contributed by atoms with E-state index in [0.717, 1.165) is 11.1 Å². The number of benzene rings is 1. The third-order valence-electron chi connectivity index (χ3n) is 3.02. The zero-order chi connectivity index (χ0) is 11.7. The number of fused-ring (bicyclic) bond motifs is 1. The minimum absolute atomic E-state index is 0.0659. The number of methoxy groups -OCH3 is 1. The van der Waals surface area contributed by atoms with Gasteiger partial charge in [0.1, 0.15) is 5.75 Å². The number of carboxylic acid groups (broad SMARTS) is 1. The third kappa shape index (κ3) is 1.88. The van der Waals surface area contributed by atoms with Crippen LogP contribution >= 0.6 is 0 Å². The van der Waals surface area contributed by atoms with Gasteiger partial charge in [0.05, 0.1) is 19.6 Å². The van der Waals surface area contributed by atoms with E-state index in [4.69, 9.17) is 9.84 Å². The molecule has 0 spiro atoms. The van der Waals surface area contributed by atoms with Gasteiger partial charge in [-0.2, -0.15) is 0 Å². The highest BCUT2D eigenvalue weighted by atomic mass is 16.5. The van der Waals surface area contributed by atoms with Gasteiger partial charge >= 0.3 is 5.97 Å². The molecule has 0 saturated heterocycles. The van der Waals surface area contributed by atoms with Crippen LogP contribution in [0.25, 0.3) is 0 Å². The highest BCUT2D eigenvalue weighted by molar-refractivity contribution is 5.68. The average molecular weight is 222 g/mol. The Balaban J connectivity index is 2.32. The maximum absolute atomic E-state index is 10.7. The van der Waals surface area contributed by atoms with Crippen molar-refractivity contribution >= 4 is 5.97 Å². The number of aliphatic hydroxyl groups is 1. The summed E-state index contributed by atoms with van der Waals surface area (Å²) < 4.78 is 5.08. The number of rotatable bonds is 3. The molecule has 0 radical (unpaired) electrons. The first-order valence-corrected chi connectivity index (χ1v) is 5.19. The maximum atomic E-state index is 10.7. The molecule has 2 rings (SSSR count). The van der Waals surface area contributed by atoms with Gasteiger partial charge in [0.2, 0.25) is 0 Å². The molecule has 0 fully saturated rings. The lowest BCUT2D eigenvalue weighted by Crippen LogP contribution is -2.03. The first-order valence-electron chi connectivity index (χ1n) is 5.19. The molecule has 1 aliphatic rings. The predicted octanol–water partition coefficient (Wildman–Crippen LogP) is 1.69. The molecule has 86 valence electrons. The lowest BCUT2D eigenvalue weighted by molar-refractivity contribution is -0.137. The molecule has 1 aromatic carbocycles. The van der Waals surface area contributed by atoms with Gasteiger partial charge in [-0.15, -0.1) is 0 Å². The molecule has 2 unspecified atom stereocenters. The molecule has 1 aromatic rings. The van der Waals surface area contributed by atoms with E-state index in [1.807, 2.05) is 6.07 Å². The van der Waals surface area contributed by atoms with Crippen molar-refractivity contribution in [1.29, 1.82) is 0 Å². The number of ether oxygens (including phenoxy) is 1. The zero-order valence-corrected chi connectivity index (χ0v) is 9.01. The topological polar surface area (TPSA) is 66.8 Å². The second-order valence-electron chi connectivity index (χ2n) is 4.04. The molecular weight excluding hydrogens is 208 g/mol. The van der Waals surface area contributed by atoms with Gasteiger partial charge in [-0.05, 0) is 35.6 Å². The fourth-order valence-corrected chi connectivity index (χ4v) is 2.27. The van der Waals surface area contributed by atoms with Gasteiger partial charge in [-0.1, -0.05) is 6.07 Å². The van der Waals surface area contributed by atoms with Crippen LogP contribution in [0.3, 0.4) is 0 Å². The van der Waals surface area contributed by atoms with Crippen molar-refractivity contribution in [2.24, 2.45) is 0 Å². The Morgan fingerprint density at radius 1 is 1.50 bits per heavy atom. The molecular formula is C12H14O4. The molecule has 0 aliphatic heterocycles. The second kappa shape index (κ2) is 4.14. The summed E-state index contributed by atoms with van der Waals surface area (Å²) in [6.07, 6.45) is -0.0278. The summed E-state index contributed by atoms with van der Waals surface area (Å²) in [5.41, 5.74) is 1.72. The first kappa shape index (κ1) is 11.0. The van der Waals surface area contributed by atoms with Crippen molar-refractivity contribution in [2.45, 2.75) is 24.9 Å². The summed E-state index contributed by atoms with van der Waals surface area (Å²) in [6.45, 7) is 0. The normalized spacial score (nSPS) is 22.9. The van der Waals surface area contributed by atoms with Crippen LogP contribution in [0.5, 0.6) is 5.75 Å². The Morgan fingerprint density at radius 3 is 2.88 bits per heavy atom. The van der Waals surface area contributed by atoms with Crippen LogP contribution in [0.2, 0.25) is 0 Å². The second-order valence-corrected chi connectivity index (χ2v) is 4.04. The van der Waals surface area contributed by atoms with Crippen LogP contribution in [0.4, 0.5) is 0 Å². The van der Waals surface area contributed by atoms with E-state index in [1.165, 1.54) is 0 Å². The highest BCUT2D eigenvalue weighted by Crippen LogP contribution is 2.43. The third-order valence-corrected chi connectivity index (χ3v) is 3.02. The molecule has 1 aliphatic carbocycles. The summed E-state index contributed by atoms with van der Waals surface area (Å²) in [4.78, 5) is 10.7. The standard InChI is InChI=1S/C12H14O4/c1-16-8-2-3-9-7(5-12(14)15)4-11(13)10(9)6-8/h2-3,6-7,11,13H,4-5H2,1H3,(H,14,15). The van der Waals surface area contributed by atoms with Crippen molar-refractivity contribution in [2.75, 3.05) is 7.11 Å². The first-order chi connectivity index (χ1) is 7.61. The predicted molar refractivity (Wildman–Crippen MR) is 57.6 cm³/mol. The summed E-state index contributed by atoms with van der Waals surface area (Å²) in [7, 11) is 1.57. The lowest BCUT2D eigenvalue weighted by Gasteiger charge is -2.08. The van der Waals surface area contributed by atoms with E-state index in [1.54, 1.807) is 19.2 Å². The van der Waals surface area contributed by atoms with Crippen LogP contribution in [0, 0.1) is 0 Å². The summed E-state index contributed by atoms with van der Waals surface area (Å²) in [6, 6.07) is 5.42. The average Bonchev–Trinajstić information content (AvgIpc) is 2.54. The number of carboxylic acids is 1. The van der Waals surface area contributed by atoms with E-state index in [2.05, 4.69) is 0 Å². The molecule has 2 atom stereocenters. The minimum Gasteiger partial charge on any atom is -0.497 e. The molecule has 0 heterocycles. The van der Waals surface area contributed by atoms with Crippen LogP contribution in [0.15, 0.2) is 18.2 Å². The van der Waals surface area contributed by atoms with Gasteiger partial charge in [0.25, 0.3) is 0 Å². The Morgan fingerprint density at radius 2 is 2.25 bits per heavy atom. The van der Waals surface area contributed by atoms with Crippen LogP contribution in [0.1, 0.15) is 36.0 Å². The number of aliphatic hydroxyl groups excluding tert-OH is 1. The fourth-order valence-electron chi connectivity index (χ4n) is 2.27. The maximum Gasteiger partial charge on any atom is 0.303 e. The van der Waals surface area contributed by atoms with Gasteiger partial charge in [-0.25, -0.2) is 0 Å². The summed E-state index contributed by atoms with van der Waals surface area (Å²) in [5.74, 6) is -0.233. The monoisotopic (exact) mass is 222 g/mol. The molecule has 4 heteroatoms. The van der Waals surface area contributed by atoms with Gasteiger partial charge in [0, 0.05) is 0 Å². The van der Waals surface area contributed by atoms with Gasteiger partial charge in [-0.3, -0.25) is 4.79 Å². The Hall–Kier alpha value is -1.55. The van der Waals surface area contributed by atoms with Crippen molar-refractivity contribution < 1.29 is 19.7 Å². The van der Waals surface area contributed by atoms with Gasteiger partial charge in [0.15, 0.2) is 0 Å². The number of hydrogen-bond donors (Lipinski definition) is 2. The van der Waals surface area contributed by atoms with E-state index in [-0.39, 0.29) is 12.3 Å². The quantitative estimate of drug-likeness (QED) is 0.816. The molecule has 0 amide bonds. The highest BCUT2D eigenvalue weighted by Gasteiger charge is 2.31. The van der Waals surface area contributed by atoms with E-state index < -0.39 is 12.1 Å². The summed E-state index contributed by atoms with van der Waals surface area (Å²) in [5, 5.41) is 18.6. The Labute approximate surface area is 93.5 Å². The van der Waals surface area contributed by atoms with Crippen molar-refractivity contribution in [3.63, 3.8) is 0 Å². The molecule has 2 N–H and O–H groups in total. The smallest absolute Gasteiger partial charge is 0.303 e. The Kier molecular flexibility index (Phi) is 2.83. The molecule has 0 aromatic heterocycles. The number of aliphatic carboxylic acids is 1. The summed E-state index contributed by atoms with van der Waals surface area (Å²) >= 11 is 0. The van der Waals surface area contributed by atoms with Gasteiger partial charge < -0.3 is 14.9 Å².